The molecule has 0 radical (unpaired) electrons. The standard InChI is InChI=1S/C12H29NO6P2.C11H25NO4P2.C9H22O6P2.C8H21NO6P2.C7H19NO6P2/c1-5-6-7-9-13(11(2)3)10-8-12(4,20(14,15)16)21(17,18)19;1-10(2)12-9-7-5-4-6-8-11(3,17-13)18(14,15)16;1-8(2)6-4-5-7-9(3,16(10,11)12)17(13,14)15;1-7(2)9(4)6-5-8(3,16(10,11)12)17(13,14)15;1-6(2)8-5-4-7(3,15(9,10)11)16(12,13)14/h11H,5-10H2,1-4H3,(H2,14,15,16)(H2,17,18,19);10,12H,4-9H2,1-3H3,(H2,14,15,16);8H,4-7H2,1-3H3,(H2,10,11,12)(H2,13,14,15);7H,5-6H2,1-4H3,(H2,10,11,12)(H2,13,14,15);6,8H,4-5H2,1-3H3,(H2,9,10,11)(H2,12,13,14). The first-order valence-corrected chi connectivity index (χ1v) is 44.3. The van der Waals surface area contributed by atoms with Crippen LogP contribution in [0, 0.1) is 5.92 Å². The molecule has 20 N–H and O–H groups in total. The summed E-state index contributed by atoms with van der Waals surface area (Å²) in [6.07, 6.45) is 8.03. The molecular formula is C47H116N4O28P10. The Kier molecular flexibility index (Phi) is 46.3. The van der Waals surface area contributed by atoms with Crippen LogP contribution in [0.2, 0.25) is 0 Å². The first-order valence-electron chi connectivity index (χ1n) is 29.0. The van der Waals surface area contributed by atoms with Crippen molar-refractivity contribution in [2.45, 2.75) is 256 Å². The van der Waals surface area contributed by atoms with Crippen LogP contribution in [-0.4, -0.2) is 186 Å². The molecule has 0 aliphatic heterocycles. The smallest absolute Gasteiger partial charge is 0.324 e. The minimum absolute atomic E-state index is 0.0813. The van der Waals surface area contributed by atoms with Crippen LogP contribution in [0.25, 0.3) is 0 Å². The van der Waals surface area contributed by atoms with Gasteiger partial charge < -0.3 is 109 Å². The van der Waals surface area contributed by atoms with E-state index >= 15 is 0 Å². The highest BCUT2D eigenvalue weighted by Gasteiger charge is 2.58. The predicted octanol–water partition coefficient (Wildman–Crippen LogP) is 8.98. The lowest BCUT2D eigenvalue weighted by Gasteiger charge is -2.34. The van der Waals surface area contributed by atoms with Gasteiger partial charge in [-0.05, 0) is 146 Å². The molecule has 0 aromatic rings. The Balaban J connectivity index is -0.000000331. The highest BCUT2D eigenvalue weighted by Crippen LogP contribution is 2.73. The van der Waals surface area contributed by atoms with Gasteiger partial charge in [0.1, 0.15) is 4.90 Å². The number of unbranched alkanes of at least 4 members (excludes halogenated alkanes) is 6. The summed E-state index contributed by atoms with van der Waals surface area (Å²) in [5.41, 5.74) is 0. The van der Waals surface area contributed by atoms with Crippen molar-refractivity contribution in [3.05, 3.63) is 0 Å². The fraction of sp³-hybridized carbons (Fsp3) is 1.00. The summed E-state index contributed by atoms with van der Waals surface area (Å²) in [7, 11) is -42.1. The van der Waals surface area contributed by atoms with Crippen LogP contribution in [0.15, 0.2) is 0 Å². The largest absolute Gasteiger partial charge is 0.343 e. The Bertz CT molecular complexity index is 2370. The van der Waals surface area contributed by atoms with Crippen molar-refractivity contribution < 1.29 is 134 Å². The molecule has 0 heterocycles. The first kappa shape index (κ1) is 99.0. The topological polar surface area (TPSA) is 565 Å². The van der Waals surface area contributed by atoms with Crippen molar-refractivity contribution in [3.63, 3.8) is 0 Å². The average Bonchev–Trinajstić information content (AvgIpc) is 1.08. The van der Waals surface area contributed by atoms with Crippen molar-refractivity contribution in [3.8, 4) is 0 Å². The zero-order valence-corrected chi connectivity index (χ0v) is 64.0. The second-order valence-corrected chi connectivity index (χ2v) is 46.4. The summed E-state index contributed by atoms with van der Waals surface area (Å²) in [6, 6.07) is 0.854. The summed E-state index contributed by atoms with van der Waals surface area (Å²) in [4.78, 5) is 158. The maximum atomic E-state index is 11.5. The summed E-state index contributed by atoms with van der Waals surface area (Å²) < 4.78 is 112. The van der Waals surface area contributed by atoms with E-state index in [0.29, 0.717) is 37.6 Å². The molecule has 0 aromatic heterocycles. The summed E-state index contributed by atoms with van der Waals surface area (Å²) in [5, 5.41) is 6.17. The van der Waals surface area contributed by atoms with E-state index in [1.165, 1.54) is 6.92 Å². The molecule has 0 aliphatic carbocycles. The van der Waals surface area contributed by atoms with E-state index in [-0.39, 0.29) is 63.4 Å². The normalized spacial score (nSPS) is 14.8. The minimum Gasteiger partial charge on any atom is -0.324 e. The number of nitrogens with one attached hydrogen (secondary N) is 2. The SMILES string of the molecule is CC(C)CCCCC(C)(P(=O)(O)O)P(=O)(O)O.CC(C)N(C)CCC(C)(P(=O)(O)O)P(=O)(O)O.CC(C)NCCC(C)(P(=O)(O)O)P(=O)(O)O.CC(C)NCCCCCCC(C)(P=O)P(=O)(O)O.CCCCCN(CCC(C)(P(=O)(O)O)P(=O)(O)O)C(C)C. The van der Waals surface area contributed by atoms with Gasteiger partial charge in [-0.2, -0.15) is 0 Å². The Morgan fingerprint density at radius 2 is 0.697 bits per heavy atom. The molecule has 542 valence electrons. The number of rotatable bonds is 39. The second-order valence-electron chi connectivity index (χ2n) is 24.8. The van der Waals surface area contributed by atoms with Crippen LogP contribution >= 0.6 is 76.8 Å². The number of nitrogens with zero attached hydrogens (tertiary/aromatic N) is 2. The van der Waals surface area contributed by atoms with E-state index in [1.54, 1.807) is 11.9 Å². The van der Waals surface area contributed by atoms with Gasteiger partial charge in [0.15, 0.2) is 28.0 Å². The molecule has 89 heavy (non-hydrogen) atoms. The van der Waals surface area contributed by atoms with Crippen molar-refractivity contribution in [1.29, 1.82) is 0 Å². The Labute approximate surface area is 530 Å². The molecule has 0 saturated heterocycles. The molecule has 0 spiro atoms. The van der Waals surface area contributed by atoms with Gasteiger partial charge in [-0.3, -0.25) is 45.7 Å². The zero-order valence-electron chi connectivity index (χ0n) is 55.0. The highest BCUT2D eigenvalue weighted by atomic mass is 31.3. The van der Waals surface area contributed by atoms with Crippen molar-refractivity contribution in [2.24, 2.45) is 5.92 Å². The van der Waals surface area contributed by atoms with Gasteiger partial charge >= 0.3 is 68.4 Å². The fourth-order valence-corrected chi connectivity index (χ4v) is 17.0. The van der Waals surface area contributed by atoms with Crippen LogP contribution in [0.4, 0.5) is 0 Å². The van der Waals surface area contributed by atoms with Gasteiger partial charge in [-0.25, -0.2) is 0 Å². The molecular weight excluding hydrogens is 1380 g/mol. The van der Waals surface area contributed by atoms with E-state index in [9.17, 15) is 65.2 Å². The Morgan fingerprint density at radius 3 is 1.00 bits per heavy atom. The van der Waals surface area contributed by atoms with Crippen molar-refractivity contribution >= 4 is 76.8 Å². The third-order valence-corrected chi connectivity index (χ3v) is 36.5. The predicted molar refractivity (Wildman–Crippen MR) is 349 cm³/mol. The Morgan fingerprint density at radius 1 is 0.371 bits per heavy atom. The molecule has 1 atom stereocenters. The van der Waals surface area contributed by atoms with Crippen molar-refractivity contribution in [1.82, 2.24) is 20.4 Å². The van der Waals surface area contributed by atoms with E-state index in [2.05, 4.69) is 31.4 Å². The van der Waals surface area contributed by atoms with Crippen LogP contribution < -0.4 is 10.6 Å². The van der Waals surface area contributed by atoms with Crippen molar-refractivity contribution in [2.75, 3.05) is 39.8 Å². The van der Waals surface area contributed by atoms with E-state index in [4.69, 9.17) is 68.5 Å². The molecule has 0 amide bonds. The molecule has 1 unspecified atom stereocenters. The van der Waals surface area contributed by atoms with Gasteiger partial charge in [-0.1, -0.05) is 99.8 Å². The summed E-state index contributed by atoms with van der Waals surface area (Å²) in [6.45, 7) is 29.1. The quantitative estimate of drug-likeness (QED) is 0.0201. The second kappa shape index (κ2) is 41.6. The van der Waals surface area contributed by atoms with Crippen LogP contribution in [0.1, 0.15) is 207 Å². The lowest BCUT2D eigenvalue weighted by molar-refractivity contribution is 0.203. The molecule has 0 rings (SSSR count). The number of hydrogen-bond acceptors (Lipinski definition) is 14. The highest BCUT2D eigenvalue weighted by molar-refractivity contribution is 7.74. The first-order chi connectivity index (χ1) is 39.3. The average molecular weight is 1500 g/mol. The Hall–Kier alpha value is 1.29. The van der Waals surface area contributed by atoms with E-state index in [0.717, 1.165) is 85.7 Å². The molecule has 0 bridgehead atoms. The monoisotopic (exact) mass is 1490 g/mol. The molecule has 0 aromatic carbocycles. The van der Waals surface area contributed by atoms with Crippen LogP contribution in [-0.2, 0) is 45.7 Å². The maximum Gasteiger partial charge on any atom is 0.343 e. The summed E-state index contributed by atoms with van der Waals surface area (Å²) >= 11 is 0. The van der Waals surface area contributed by atoms with E-state index in [1.807, 2.05) is 60.3 Å². The minimum atomic E-state index is -4.92. The van der Waals surface area contributed by atoms with Gasteiger partial charge in [-0.15, -0.1) is 0 Å². The summed E-state index contributed by atoms with van der Waals surface area (Å²) in [5.74, 6) is 0.464. The molecule has 0 saturated carbocycles. The third-order valence-electron chi connectivity index (χ3n) is 15.3. The fourth-order valence-electron chi connectivity index (χ4n) is 7.22. The molecule has 0 aliphatic rings. The van der Waals surface area contributed by atoms with Crippen LogP contribution in [0.5, 0.6) is 0 Å². The zero-order chi connectivity index (χ0) is 72.3. The van der Waals surface area contributed by atoms with Gasteiger partial charge in [0.2, 0.25) is 0 Å². The molecule has 0 fully saturated rings. The molecule has 42 heteroatoms. The maximum absolute atomic E-state index is 11.5. The van der Waals surface area contributed by atoms with Gasteiger partial charge in [0, 0.05) is 30.7 Å². The lowest BCUT2D eigenvalue weighted by atomic mass is 10.0. The third kappa shape index (κ3) is 36.6. The molecule has 32 nitrogen and oxygen atoms in total. The van der Waals surface area contributed by atoms with Crippen LogP contribution in [0.3, 0.4) is 0 Å². The number of hydrogen-bond donors (Lipinski definition) is 20. The lowest BCUT2D eigenvalue weighted by Crippen LogP contribution is -2.37. The van der Waals surface area contributed by atoms with Gasteiger partial charge in [0.25, 0.3) is 0 Å². The van der Waals surface area contributed by atoms with Gasteiger partial charge in [0.05, 0.1) is 0 Å². The van der Waals surface area contributed by atoms with E-state index < -0.39 is 101 Å².